The Morgan fingerprint density at radius 2 is 2.05 bits per heavy atom. The Morgan fingerprint density at radius 3 is 2.76 bits per heavy atom. The number of hydrogen-bond donors (Lipinski definition) is 3. The van der Waals surface area contributed by atoms with Crippen LogP contribution in [-0.4, -0.2) is 34.9 Å². The summed E-state index contributed by atoms with van der Waals surface area (Å²) in [6, 6.07) is 0. The molecule has 0 spiro atoms. The minimum atomic E-state index is -0.0128. The first kappa shape index (κ1) is 15.5. The van der Waals surface area contributed by atoms with Gasteiger partial charge < -0.3 is 15.6 Å². The molecule has 1 aliphatic rings. The SMILES string of the molecule is O=C(CCNC(=O)C1CCCC1)NCCCc1ncc[nH]1. The van der Waals surface area contributed by atoms with Crippen LogP contribution >= 0.6 is 0 Å². The van der Waals surface area contributed by atoms with Gasteiger partial charge in [-0.25, -0.2) is 4.98 Å². The van der Waals surface area contributed by atoms with Gasteiger partial charge in [0.2, 0.25) is 11.8 Å². The molecule has 3 N–H and O–H groups in total. The minimum absolute atomic E-state index is 0.0128. The van der Waals surface area contributed by atoms with Gasteiger partial charge in [-0.15, -0.1) is 0 Å². The predicted octanol–water partition coefficient (Wildman–Crippen LogP) is 1.15. The first-order chi connectivity index (χ1) is 10.3. The Balaban J connectivity index is 1.48. The topological polar surface area (TPSA) is 86.9 Å². The van der Waals surface area contributed by atoms with Crippen molar-refractivity contribution in [2.24, 2.45) is 5.92 Å². The Morgan fingerprint density at radius 1 is 1.24 bits per heavy atom. The Hall–Kier alpha value is -1.85. The summed E-state index contributed by atoms with van der Waals surface area (Å²) in [6.45, 7) is 1.06. The highest BCUT2D eigenvalue weighted by molar-refractivity contribution is 5.80. The summed E-state index contributed by atoms with van der Waals surface area (Å²) in [5.41, 5.74) is 0. The van der Waals surface area contributed by atoms with Gasteiger partial charge in [-0.3, -0.25) is 9.59 Å². The van der Waals surface area contributed by atoms with Crippen LogP contribution in [0.25, 0.3) is 0 Å². The summed E-state index contributed by atoms with van der Waals surface area (Å²) in [4.78, 5) is 30.5. The van der Waals surface area contributed by atoms with E-state index in [-0.39, 0.29) is 17.7 Å². The van der Waals surface area contributed by atoms with E-state index in [1.54, 1.807) is 12.4 Å². The van der Waals surface area contributed by atoms with Crippen molar-refractivity contribution in [1.29, 1.82) is 0 Å². The Bertz CT molecular complexity index is 439. The van der Waals surface area contributed by atoms with E-state index in [9.17, 15) is 9.59 Å². The Kier molecular flexibility index (Phi) is 6.24. The molecule has 2 amide bonds. The number of carbonyl (C=O) groups excluding carboxylic acids is 2. The number of rotatable bonds is 8. The number of aryl methyl sites for hydroxylation is 1. The molecule has 0 bridgehead atoms. The number of nitrogens with one attached hydrogen (secondary N) is 3. The zero-order valence-electron chi connectivity index (χ0n) is 12.4. The van der Waals surface area contributed by atoms with Crippen molar-refractivity contribution in [3.8, 4) is 0 Å². The molecule has 0 saturated heterocycles. The number of imidazole rings is 1. The fourth-order valence-electron chi connectivity index (χ4n) is 2.64. The van der Waals surface area contributed by atoms with Gasteiger partial charge in [0.25, 0.3) is 0 Å². The van der Waals surface area contributed by atoms with Gasteiger partial charge in [0.15, 0.2) is 0 Å². The van der Waals surface area contributed by atoms with E-state index < -0.39 is 0 Å². The van der Waals surface area contributed by atoms with Crippen molar-refractivity contribution in [3.05, 3.63) is 18.2 Å². The van der Waals surface area contributed by atoms with E-state index in [4.69, 9.17) is 0 Å². The summed E-state index contributed by atoms with van der Waals surface area (Å²) in [6.07, 6.45) is 9.82. The average Bonchev–Trinajstić information content (AvgIpc) is 3.16. The number of nitrogens with zero attached hydrogens (tertiary/aromatic N) is 1. The third-order valence-electron chi connectivity index (χ3n) is 3.84. The number of amides is 2. The smallest absolute Gasteiger partial charge is 0.223 e. The van der Waals surface area contributed by atoms with Gasteiger partial charge >= 0.3 is 0 Å². The zero-order valence-corrected chi connectivity index (χ0v) is 12.4. The van der Waals surface area contributed by atoms with E-state index >= 15 is 0 Å². The van der Waals surface area contributed by atoms with Crippen molar-refractivity contribution in [1.82, 2.24) is 20.6 Å². The molecule has 6 heteroatoms. The Labute approximate surface area is 125 Å². The maximum atomic E-state index is 11.8. The molecule has 1 aliphatic carbocycles. The molecule has 6 nitrogen and oxygen atoms in total. The van der Waals surface area contributed by atoms with Crippen LogP contribution in [-0.2, 0) is 16.0 Å². The van der Waals surface area contributed by atoms with Gasteiger partial charge in [0.1, 0.15) is 5.82 Å². The molecule has 21 heavy (non-hydrogen) atoms. The molecule has 0 aliphatic heterocycles. The highest BCUT2D eigenvalue weighted by atomic mass is 16.2. The molecule has 1 fully saturated rings. The molecule has 116 valence electrons. The van der Waals surface area contributed by atoms with E-state index in [1.807, 2.05) is 0 Å². The molecule has 1 heterocycles. The molecule has 0 atom stereocenters. The fourth-order valence-corrected chi connectivity index (χ4v) is 2.64. The maximum Gasteiger partial charge on any atom is 0.223 e. The highest BCUT2D eigenvalue weighted by Gasteiger charge is 2.22. The maximum absolute atomic E-state index is 11.8. The number of carbonyl (C=O) groups is 2. The van der Waals surface area contributed by atoms with Gasteiger partial charge in [-0.05, 0) is 19.3 Å². The molecule has 2 rings (SSSR count). The van der Waals surface area contributed by atoms with Crippen LogP contribution in [0.5, 0.6) is 0 Å². The number of aromatic nitrogens is 2. The van der Waals surface area contributed by atoms with Crippen LogP contribution in [0.1, 0.15) is 44.3 Å². The number of H-pyrrole nitrogens is 1. The van der Waals surface area contributed by atoms with Gasteiger partial charge in [0, 0.05) is 44.2 Å². The van der Waals surface area contributed by atoms with Gasteiger partial charge in [-0.2, -0.15) is 0 Å². The molecule has 0 radical (unpaired) electrons. The quantitative estimate of drug-likeness (QED) is 0.628. The molecular formula is C15H24N4O2. The second-order valence-electron chi connectivity index (χ2n) is 5.51. The van der Waals surface area contributed by atoms with Crippen LogP contribution in [0.3, 0.4) is 0 Å². The molecule has 0 unspecified atom stereocenters. The lowest BCUT2D eigenvalue weighted by atomic mass is 10.1. The van der Waals surface area contributed by atoms with E-state index in [0.717, 1.165) is 44.3 Å². The first-order valence-corrected chi connectivity index (χ1v) is 7.78. The lowest BCUT2D eigenvalue weighted by Gasteiger charge is -2.10. The van der Waals surface area contributed by atoms with Crippen LogP contribution in [0.4, 0.5) is 0 Å². The second kappa shape index (κ2) is 8.44. The zero-order chi connectivity index (χ0) is 14.9. The monoisotopic (exact) mass is 292 g/mol. The molecule has 1 aromatic heterocycles. The van der Waals surface area contributed by atoms with Crippen LogP contribution in [0.2, 0.25) is 0 Å². The van der Waals surface area contributed by atoms with Crippen molar-refractivity contribution >= 4 is 11.8 Å². The lowest BCUT2D eigenvalue weighted by Crippen LogP contribution is -2.34. The summed E-state index contributed by atoms with van der Waals surface area (Å²) in [7, 11) is 0. The van der Waals surface area contributed by atoms with Crippen molar-refractivity contribution in [2.75, 3.05) is 13.1 Å². The summed E-state index contributed by atoms with van der Waals surface area (Å²) in [5, 5.41) is 5.71. The molecule has 1 saturated carbocycles. The third kappa shape index (κ3) is 5.57. The highest BCUT2D eigenvalue weighted by Crippen LogP contribution is 2.24. The van der Waals surface area contributed by atoms with E-state index in [2.05, 4.69) is 20.6 Å². The van der Waals surface area contributed by atoms with Gasteiger partial charge in [0.05, 0.1) is 0 Å². The standard InChI is InChI=1S/C15H24N4O2/c20-14(18-8-3-6-13-16-10-11-17-13)7-9-19-15(21)12-4-1-2-5-12/h10-12H,1-9H2,(H,16,17)(H,18,20)(H,19,21). The fraction of sp³-hybridized carbons (Fsp3) is 0.667. The normalized spacial score (nSPS) is 15.0. The van der Waals surface area contributed by atoms with Gasteiger partial charge in [-0.1, -0.05) is 12.8 Å². The number of aromatic amines is 1. The molecule has 0 aromatic carbocycles. The molecule has 1 aromatic rings. The largest absolute Gasteiger partial charge is 0.356 e. The molecular weight excluding hydrogens is 268 g/mol. The predicted molar refractivity (Wildman–Crippen MR) is 79.5 cm³/mol. The second-order valence-corrected chi connectivity index (χ2v) is 5.51. The van der Waals surface area contributed by atoms with Crippen molar-refractivity contribution in [2.45, 2.75) is 44.9 Å². The van der Waals surface area contributed by atoms with Crippen molar-refractivity contribution < 1.29 is 9.59 Å². The number of hydrogen-bond acceptors (Lipinski definition) is 3. The summed E-state index contributed by atoms with van der Waals surface area (Å²) in [5.74, 6) is 1.20. The van der Waals surface area contributed by atoms with E-state index in [0.29, 0.717) is 19.5 Å². The van der Waals surface area contributed by atoms with Crippen LogP contribution in [0.15, 0.2) is 12.4 Å². The van der Waals surface area contributed by atoms with Crippen LogP contribution in [0, 0.1) is 5.92 Å². The van der Waals surface area contributed by atoms with Crippen LogP contribution < -0.4 is 10.6 Å². The minimum Gasteiger partial charge on any atom is -0.356 e. The lowest BCUT2D eigenvalue weighted by molar-refractivity contribution is -0.125. The average molecular weight is 292 g/mol. The van der Waals surface area contributed by atoms with E-state index in [1.165, 1.54) is 0 Å². The first-order valence-electron chi connectivity index (χ1n) is 7.78. The third-order valence-corrected chi connectivity index (χ3v) is 3.84. The van der Waals surface area contributed by atoms with Crippen molar-refractivity contribution in [3.63, 3.8) is 0 Å². The summed E-state index contributed by atoms with van der Waals surface area (Å²) < 4.78 is 0. The summed E-state index contributed by atoms with van der Waals surface area (Å²) >= 11 is 0.